The minimum absolute atomic E-state index is 0.484. The fourth-order valence-corrected chi connectivity index (χ4v) is 2.11. The fourth-order valence-electron chi connectivity index (χ4n) is 2.11. The molecule has 0 atom stereocenters. The molecule has 0 aromatic carbocycles. The van der Waals surface area contributed by atoms with E-state index < -0.39 is 5.60 Å². The van der Waals surface area contributed by atoms with Crippen molar-refractivity contribution < 1.29 is 5.11 Å². The molecule has 0 amide bonds. The molecule has 2 rings (SSSR count). The standard InChI is InChI=1S/C10H18N4O/c1-14-7-9(12-13-14)6-11-8-10(15)4-2-3-5-10/h7,11,15H,2-6,8H2,1H3. The van der Waals surface area contributed by atoms with Gasteiger partial charge >= 0.3 is 0 Å². The van der Waals surface area contributed by atoms with Crippen molar-refractivity contribution in [2.75, 3.05) is 6.54 Å². The maximum Gasteiger partial charge on any atom is 0.0964 e. The first-order valence-corrected chi connectivity index (χ1v) is 5.46. The minimum atomic E-state index is -0.484. The van der Waals surface area contributed by atoms with Crippen LogP contribution < -0.4 is 5.32 Å². The molecule has 0 unspecified atom stereocenters. The second kappa shape index (κ2) is 4.28. The summed E-state index contributed by atoms with van der Waals surface area (Å²) in [6.45, 7) is 1.33. The topological polar surface area (TPSA) is 63.0 Å². The summed E-state index contributed by atoms with van der Waals surface area (Å²) in [6.07, 6.45) is 6.00. The second-order valence-corrected chi connectivity index (χ2v) is 4.42. The summed E-state index contributed by atoms with van der Waals surface area (Å²) < 4.78 is 1.68. The van der Waals surface area contributed by atoms with Crippen LogP contribution in [-0.4, -0.2) is 32.2 Å². The van der Waals surface area contributed by atoms with Crippen molar-refractivity contribution in [3.05, 3.63) is 11.9 Å². The molecule has 1 aliphatic carbocycles. The quantitative estimate of drug-likeness (QED) is 0.745. The Labute approximate surface area is 89.5 Å². The molecule has 1 aromatic heterocycles. The van der Waals surface area contributed by atoms with Gasteiger partial charge in [-0.15, -0.1) is 5.10 Å². The Hall–Kier alpha value is -0.940. The Bertz CT molecular complexity index is 317. The van der Waals surface area contributed by atoms with Crippen LogP contribution in [0.15, 0.2) is 6.20 Å². The molecule has 0 radical (unpaired) electrons. The summed E-state index contributed by atoms with van der Waals surface area (Å²) in [5.74, 6) is 0. The predicted octanol–water partition coefficient (Wildman–Crippen LogP) is 0.210. The monoisotopic (exact) mass is 210 g/mol. The van der Waals surface area contributed by atoms with Gasteiger partial charge in [-0.25, -0.2) is 0 Å². The summed E-state index contributed by atoms with van der Waals surface area (Å²) in [5, 5.41) is 21.1. The average Bonchev–Trinajstić information content (AvgIpc) is 2.76. The molecule has 0 aliphatic heterocycles. The first kappa shape index (κ1) is 10.6. The minimum Gasteiger partial charge on any atom is -0.389 e. The molecule has 0 saturated heterocycles. The van der Waals surface area contributed by atoms with E-state index >= 15 is 0 Å². The Kier molecular flexibility index (Phi) is 3.02. The number of aryl methyl sites for hydroxylation is 1. The molecular weight excluding hydrogens is 192 g/mol. The maximum atomic E-state index is 10.1. The van der Waals surface area contributed by atoms with E-state index in [-0.39, 0.29) is 0 Å². The Morgan fingerprint density at radius 2 is 2.27 bits per heavy atom. The van der Waals surface area contributed by atoms with E-state index in [0.29, 0.717) is 13.1 Å². The number of hydrogen-bond acceptors (Lipinski definition) is 4. The molecule has 1 fully saturated rings. The van der Waals surface area contributed by atoms with E-state index in [4.69, 9.17) is 0 Å². The largest absolute Gasteiger partial charge is 0.389 e. The van der Waals surface area contributed by atoms with Crippen LogP contribution in [0.5, 0.6) is 0 Å². The zero-order chi connectivity index (χ0) is 10.7. The zero-order valence-electron chi connectivity index (χ0n) is 9.11. The van der Waals surface area contributed by atoms with E-state index in [2.05, 4.69) is 15.6 Å². The lowest BCUT2D eigenvalue weighted by Crippen LogP contribution is -2.37. The van der Waals surface area contributed by atoms with Gasteiger partial charge in [0.05, 0.1) is 11.3 Å². The van der Waals surface area contributed by atoms with Gasteiger partial charge in [0.25, 0.3) is 0 Å². The van der Waals surface area contributed by atoms with Gasteiger partial charge in [-0.3, -0.25) is 4.68 Å². The lowest BCUT2D eigenvalue weighted by molar-refractivity contribution is 0.0474. The van der Waals surface area contributed by atoms with Crippen molar-refractivity contribution in [2.45, 2.75) is 37.8 Å². The van der Waals surface area contributed by atoms with Gasteiger partial charge in [-0.05, 0) is 12.8 Å². The van der Waals surface area contributed by atoms with Gasteiger partial charge in [0, 0.05) is 26.3 Å². The molecule has 5 nitrogen and oxygen atoms in total. The molecule has 0 spiro atoms. The Morgan fingerprint density at radius 3 is 2.87 bits per heavy atom. The van der Waals surface area contributed by atoms with Crippen molar-refractivity contribution in [1.82, 2.24) is 20.3 Å². The average molecular weight is 210 g/mol. The van der Waals surface area contributed by atoms with Crippen molar-refractivity contribution in [3.63, 3.8) is 0 Å². The highest BCUT2D eigenvalue weighted by molar-refractivity contribution is 4.93. The first-order valence-electron chi connectivity index (χ1n) is 5.46. The molecule has 1 aliphatic rings. The molecule has 15 heavy (non-hydrogen) atoms. The van der Waals surface area contributed by atoms with Gasteiger partial charge < -0.3 is 10.4 Å². The lowest BCUT2D eigenvalue weighted by atomic mass is 10.0. The summed E-state index contributed by atoms with van der Waals surface area (Å²) in [7, 11) is 1.85. The van der Waals surface area contributed by atoms with Gasteiger partial charge in [0.1, 0.15) is 0 Å². The van der Waals surface area contributed by atoms with Crippen LogP contribution in [0, 0.1) is 0 Å². The number of aliphatic hydroxyl groups is 1. The Morgan fingerprint density at radius 1 is 1.53 bits per heavy atom. The van der Waals surface area contributed by atoms with Crippen LogP contribution in [0.25, 0.3) is 0 Å². The highest BCUT2D eigenvalue weighted by atomic mass is 16.3. The summed E-state index contributed by atoms with van der Waals surface area (Å²) >= 11 is 0. The van der Waals surface area contributed by atoms with Crippen LogP contribution in [0.1, 0.15) is 31.4 Å². The zero-order valence-corrected chi connectivity index (χ0v) is 9.11. The van der Waals surface area contributed by atoms with Crippen molar-refractivity contribution >= 4 is 0 Å². The summed E-state index contributed by atoms with van der Waals surface area (Å²) in [6, 6.07) is 0. The van der Waals surface area contributed by atoms with Crippen LogP contribution >= 0.6 is 0 Å². The van der Waals surface area contributed by atoms with Crippen LogP contribution in [0.2, 0.25) is 0 Å². The second-order valence-electron chi connectivity index (χ2n) is 4.42. The SMILES string of the molecule is Cn1cc(CNCC2(O)CCCC2)nn1. The number of hydrogen-bond donors (Lipinski definition) is 2. The maximum absolute atomic E-state index is 10.1. The van der Waals surface area contributed by atoms with Gasteiger partial charge in [-0.2, -0.15) is 0 Å². The third-order valence-corrected chi connectivity index (χ3v) is 2.94. The molecule has 0 bridgehead atoms. The molecular formula is C10H18N4O. The molecule has 84 valence electrons. The van der Waals surface area contributed by atoms with Crippen LogP contribution in [-0.2, 0) is 13.6 Å². The number of nitrogens with zero attached hydrogens (tertiary/aromatic N) is 3. The number of rotatable bonds is 4. The predicted molar refractivity (Wildman–Crippen MR) is 56.1 cm³/mol. The van der Waals surface area contributed by atoms with Gasteiger partial charge in [0.2, 0.25) is 0 Å². The molecule has 1 heterocycles. The third kappa shape index (κ3) is 2.76. The third-order valence-electron chi connectivity index (χ3n) is 2.94. The van der Waals surface area contributed by atoms with E-state index in [1.54, 1.807) is 4.68 Å². The van der Waals surface area contributed by atoms with Crippen molar-refractivity contribution in [2.24, 2.45) is 7.05 Å². The van der Waals surface area contributed by atoms with Crippen LogP contribution in [0.3, 0.4) is 0 Å². The number of aromatic nitrogens is 3. The molecule has 2 N–H and O–H groups in total. The van der Waals surface area contributed by atoms with Gasteiger partial charge in [-0.1, -0.05) is 18.1 Å². The molecule has 1 aromatic rings. The highest BCUT2D eigenvalue weighted by Crippen LogP contribution is 2.28. The lowest BCUT2D eigenvalue weighted by Gasteiger charge is -2.21. The van der Waals surface area contributed by atoms with E-state index in [1.165, 1.54) is 0 Å². The van der Waals surface area contributed by atoms with E-state index in [0.717, 1.165) is 31.4 Å². The van der Waals surface area contributed by atoms with Gasteiger partial charge in [0.15, 0.2) is 0 Å². The van der Waals surface area contributed by atoms with E-state index in [1.807, 2.05) is 13.2 Å². The highest BCUT2D eigenvalue weighted by Gasteiger charge is 2.30. The van der Waals surface area contributed by atoms with E-state index in [9.17, 15) is 5.11 Å². The fraction of sp³-hybridized carbons (Fsp3) is 0.800. The van der Waals surface area contributed by atoms with Crippen molar-refractivity contribution in [3.8, 4) is 0 Å². The summed E-state index contributed by atoms with van der Waals surface area (Å²) in [5.41, 5.74) is 0.432. The van der Waals surface area contributed by atoms with Crippen molar-refractivity contribution in [1.29, 1.82) is 0 Å². The number of nitrogens with one attached hydrogen (secondary N) is 1. The smallest absolute Gasteiger partial charge is 0.0964 e. The normalized spacial score (nSPS) is 19.6. The molecule has 1 saturated carbocycles. The summed E-state index contributed by atoms with van der Waals surface area (Å²) in [4.78, 5) is 0. The Balaban J connectivity index is 1.75. The molecule has 5 heteroatoms. The first-order chi connectivity index (χ1) is 7.18. The van der Waals surface area contributed by atoms with Crippen LogP contribution in [0.4, 0.5) is 0 Å².